The van der Waals surface area contributed by atoms with Gasteiger partial charge in [-0.3, -0.25) is 0 Å². The zero-order chi connectivity index (χ0) is 92.1. The van der Waals surface area contributed by atoms with E-state index in [0.717, 1.165) is 88.3 Å². The summed E-state index contributed by atoms with van der Waals surface area (Å²) in [6.07, 6.45) is 0. The molecule has 0 amide bonds. The molecule has 0 N–H and O–H groups in total. The maximum absolute atomic E-state index is 5.15. The molecule has 0 aliphatic heterocycles. The van der Waals surface area contributed by atoms with Gasteiger partial charge < -0.3 is 0 Å². The SMILES string of the molecule is c1ccc(-c2ccc(-c3nc(-c4ccccc4)nc(-c4ccc(-c5cccc6sc7ccccc7c56)c5ccccc45)n3)cc2)cc1.c1ccc(-c2cccc(-c3nc(-c4ccccc4)nc(-c4ccc(-c5cccc6sc7ccccc7c56)c5ccccc45)n3)c2)cc1.c1ccc(-c2nc(-c3ccc4ccccc4c3)nc(-c3ccc(-c4ccc5c(c4)sc4ccccc45)c4ccccc34)n2)cc1. The van der Waals surface area contributed by atoms with Crippen LogP contribution in [0.3, 0.4) is 0 Å². The molecular formula is C127H79N9S3. The first-order chi connectivity index (χ1) is 68.9. The Morgan fingerprint density at radius 2 is 0.381 bits per heavy atom. The van der Waals surface area contributed by atoms with E-state index in [1.165, 1.54) is 121 Å². The highest BCUT2D eigenvalue weighted by molar-refractivity contribution is 7.26. The van der Waals surface area contributed by atoms with Crippen LogP contribution in [0.2, 0.25) is 0 Å². The van der Waals surface area contributed by atoms with Crippen molar-refractivity contribution in [2.75, 3.05) is 0 Å². The number of nitrogens with zero attached hydrogens (tertiary/aromatic N) is 9. The van der Waals surface area contributed by atoms with Crippen molar-refractivity contribution in [3.63, 3.8) is 0 Å². The van der Waals surface area contributed by atoms with Crippen LogP contribution in [0.5, 0.6) is 0 Å². The first kappa shape index (κ1) is 83.2. The lowest BCUT2D eigenvalue weighted by molar-refractivity contribution is 1.08. The van der Waals surface area contributed by atoms with E-state index < -0.39 is 0 Å². The minimum atomic E-state index is 0.648. The summed E-state index contributed by atoms with van der Waals surface area (Å²) in [4.78, 5) is 45.6. The van der Waals surface area contributed by atoms with Crippen molar-refractivity contribution in [2.45, 2.75) is 0 Å². The van der Waals surface area contributed by atoms with Crippen molar-refractivity contribution < 1.29 is 0 Å². The van der Waals surface area contributed by atoms with E-state index in [1.54, 1.807) is 0 Å². The standard InChI is InChI=1S/2C43H27N3S.C41H25N3S/c1-3-13-28(14-4-1)30-17-11-18-31(27-30)42-44-41(29-15-5-2-6-16-29)45-43(46-42)36-26-25-34(32-19-7-8-20-33(32)36)35-22-12-24-39-40(35)37-21-9-10-23-38(37)47-39;1-3-12-28(13-4-1)29-22-24-31(25-23-29)42-44-41(30-14-5-2-6-15-30)45-43(46-42)36-27-26-34(32-16-7-8-17-33(32)36)35-19-11-21-39-40(35)37-18-9-10-20-38(37)47-39;1-2-11-27(12-3-1)39-42-40(30-19-18-26-10-4-5-13-28(26)24-30)44-41(43-39)36-23-22-31(32-14-6-7-15-33(32)36)29-20-21-35-34-16-8-9-17-37(34)45-38(35)25-29/h2*1-27H;1-25H. The summed E-state index contributed by atoms with van der Waals surface area (Å²) in [7, 11) is 0. The molecule has 0 aliphatic rings. The minimum Gasteiger partial charge on any atom is -0.208 e. The van der Waals surface area contributed by atoms with Crippen LogP contribution in [-0.2, 0) is 0 Å². The van der Waals surface area contributed by atoms with Crippen LogP contribution in [0, 0.1) is 0 Å². The molecule has 9 nitrogen and oxygen atoms in total. The highest BCUT2D eigenvalue weighted by Gasteiger charge is 2.24. The number of benzene rings is 21. The van der Waals surface area contributed by atoms with E-state index in [1.807, 2.05) is 101 Å². The smallest absolute Gasteiger partial charge is 0.164 e. The highest BCUT2D eigenvalue weighted by atomic mass is 32.1. The summed E-state index contributed by atoms with van der Waals surface area (Å²) in [6.45, 7) is 0. The molecule has 0 bridgehead atoms. The maximum Gasteiger partial charge on any atom is 0.164 e. The Kier molecular flexibility index (Phi) is 21.7. The topological polar surface area (TPSA) is 116 Å². The summed E-state index contributed by atoms with van der Waals surface area (Å²) in [5.41, 5.74) is 20.6. The first-order valence-electron chi connectivity index (χ1n) is 46.4. The number of hydrogen-bond donors (Lipinski definition) is 0. The van der Waals surface area contributed by atoms with E-state index >= 15 is 0 Å². The lowest BCUT2D eigenvalue weighted by atomic mass is 9.92. The Labute approximate surface area is 813 Å². The van der Waals surface area contributed by atoms with E-state index in [0.29, 0.717) is 52.4 Å². The number of aromatic nitrogens is 9. The van der Waals surface area contributed by atoms with Gasteiger partial charge in [-0.05, 0) is 165 Å². The summed E-state index contributed by atoms with van der Waals surface area (Å²) in [6, 6.07) is 168. The molecule has 6 heterocycles. The third kappa shape index (κ3) is 16.0. The number of rotatable bonds is 14. The van der Waals surface area contributed by atoms with Crippen molar-refractivity contribution in [2.24, 2.45) is 0 Å². The van der Waals surface area contributed by atoms with Gasteiger partial charge in [0.2, 0.25) is 0 Å². The minimum absolute atomic E-state index is 0.648. The molecule has 650 valence electrons. The second kappa shape index (κ2) is 36.3. The van der Waals surface area contributed by atoms with Gasteiger partial charge in [0, 0.05) is 111 Å². The quantitative estimate of drug-likeness (QED) is 0.105. The van der Waals surface area contributed by atoms with Gasteiger partial charge >= 0.3 is 0 Å². The molecule has 0 spiro atoms. The van der Waals surface area contributed by atoms with E-state index in [4.69, 9.17) is 44.9 Å². The molecule has 0 saturated heterocycles. The molecule has 0 atom stereocenters. The zero-order valence-corrected chi connectivity index (χ0v) is 77.3. The van der Waals surface area contributed by atoms with Gasteiger partial charge in [-0.25, -0.2) is 44.9 Å². The molecule has 139 heavy (non-hydrogen) atoms. The molecule has 0 unspecified atom stereocenters. The third-order valence-electron chi connectivity index (χ3n) is 26.1. The maximum atomic E-state index is 5.15. The predicted molar refractivity (Wildman–Crippen MR) is 584 cm³/mol. The van der Waals surface area contributed by atoms with E-state index in [2.05, 4.69) is 413 Å². The van der Waals surface area contributed by atoms with Crippen LogP contribution in [0.1, 0.15) is 0 Å². The summed E-state index contributed by atoms with van der Waals surface area (Å²) >= 11 is 5.54. The largest absolute Gasteiger partial charge is 0.208 e. The Hall–Kier alpha value is -17.7. The fraction of sp³-hybridized carbons (Fsp3) is 0. The van der Waals surface area contributed by atoms with E-state index in [-0.39, 0.29) is 0 Å². The molecule has 0 fully saturated rings. The average Bonchev–Trinajstić information content (AvgIpc) is 1.74. The zero-order valence-electron chi connectivity index (χ0n) is 74.9. The van der Waals surface area contributed by atoms with Crippen molar-refractivity contribution in [3.8, 4) is 158 Å². The van der Waals surface area contributed by atoms with Crippen LogP contribution >= 0.6 is 34.0 Å². The van der Waals surface area contributed by atoms with Crippen LogP contribution in [0.4, 0.5) is 0 Å². The monoisotopic (exact) mass is 1830 g/mol. The highest BCUT2D eigenvalue weighted by Crippen LogP contribution is 2.48. The molecule has 6 aromatic heterocycles. The molecule has 27 aromatic rings. The molecule has 12 heteroatoms. The summed E-state index contributed by atoms with van der Waals surface area (Å²) in [5.74, 6) is 5.89. The van der Waals surface area contributed by atoms with Crippen LogP contribution in [-0.4, -0.2) is 44.9 Å². The third-order valence-corrected chi connectivity index (χ3v) is 29.5. The van der Waals surface area contributed by atoms with Crippen LogP contribution in [0.15, 0.2) is 479 Å². The predicted octanol–water partition coefficient (Wildman–Crippen LogP) is 34.7. The number of hydrogen-bond acceptors (Lipinski definition) is 12. The first-order valence-corrected chi connectivity index (χ1v) is 48.9. The van der Waals surface area contributed by atoms with E-state index in [9.17, 15) is 0 Å². The molecule has 27 rings (SSSR count). The van der Waals surface area contributed by atoms with Crippen LogP contribution in [0.25, 0.3) is 262 Å². The lowest BCUT2D eigenvalue weighted by Crippen LogP contribution is -2.01. The van der Waals surface area contributed by atoms with Gasteiger partial charge in [0.1, 0.15) is 0 Å². The Balaban J connectivity index is 0.000000110. The van der Waals surface area contributed by atoms with Crippen molar-refractivity contribution in [1.82, 2.24) is 44.9 Å². The summed E-state index contributed by atoms with van der Waals surface area (Å²) < 4.78 is 7.81. The van der Waals surface area contributed by atoms with Gasteiger partial charge in [0.25, 0.3) is 0 Å². The molecule has 0 saturated carbocycles. The van der Waals surface area contributed by atoms with Gasteiger partial charge in [-0.2, -0.15) is 0 Å². The molecular weight excluding hydrogens is 1750 g/mol. The Bertz CT molecular complexity index is 9400. The Morgan fingerprint density at radius 3 is 0.842 bits per heavy atom. The molecule has 21 aromatic carbocycles. The Morgan fingerprint density at radius 1 is 0.115 bits per heavy atom. The molecule has 0 radical (unpaired) electrons. The number of thiophene rings is 3. The summed E-state index contributed by atoms with van der Waals surface area (Å²) in [5, 5.41) is 17.0. The lowest BCUT2D eigenvalue weighted by Gasteiger charge is -2.14. The average molecular weight is 1830 g/mol. The second-order valence-corrected chi connectivity index (χ2v) is 37.7. The van der Waals surface area contributed by atoms with Gasteiger partial charge in [-0.1, -0.05) is 413 Å². The van der Waals surface area contributed by atoms with Crippen LogP contribution < -0.4 is 0 Å². The van der Waals surface area contributed by atoms with Gasteiger partial charge in [0.15, 0.2) is 52.4 Å². The fourth-order valence-electron chi connectivity index (χ4n) is 19.4. The van der Waals surface area contributed by atoms with Crippen molar-refractivity contribution in [1.29, 1.82) is 0 Å². The molecule has 0 aliphatic carbocycles. The van der Waals surface area contributed by atoms with Crippen molar-refractivity contribution >= 4 is 138 Å². The second-order valence-electron chi connectivity index (χ2n) is 34.5. The normalized spacial score (nSPS) is 11.5. The van der Waals surface area contributed by atoms with Gasteiger partial charge in [0.05, 0.1) is 0 Å². The van der Waals surface area contributed by atoms with Crippen molar-refractivity contribution in [3.05, 3.63) is 479 Å². The van der Waals surface area contributed by atoms with Gasteiger partial charge in [-0.15, -0.1) is 34.0 Å². The number of fused-ring (bicyclic) bond motifs is 13. The fourth-order valence-corrected chi connectivity index (χ4v) is 22.8.